The molecule has 9 nitrogen and oxygen atoms in total. The van der Waals surface area contributed by atoms with E-state index in [4.69, 9.17) is 6.57 Å². The molecule has 196 valence electrons. The molecule has 2 aliphatic heterocycles. The molecule has 10 heteroatoms. The Morgan fingerprint density at radius 2 is 1.87 bits per heavy atom. The summed E-state index contributed by atoms with van der Waals surface area (Å²) in [6, 6.07) is 11.9. The SMILES string of the molecule is [C-]#[N+]c1ccc2c(c1)n(CC([O-])=NS(C)(=O)=O)c1[n+]2CCC1=C/C=C1\N(CC)c2ccc(C)cc2N1CC. The summed E-state index contributed by atoms with van der Waals surface area (Å²) in [5, 5.41) is 12.6. The molecule has 38 heavy (non-hydrogen) atoms. The van der Waals surface area contributed by atoms with Crippen LogP contribution in [0, 0.1) is 13.5 Å². The number of hydrogen-bond acceptors (Lipinski definition) is 5. The summed E-state index contributed by atoms with van der Waals surface area (Å²) in [5.41, 5.74) is 6.66. The van der Waals surface area contributed by atoms with Crippen molar-refractivity contribution in [2.45, 2.75) is 40.3 Å². The summed E-state index contributed by atoms with van der Waals surface area (Å²) < 4.78 is 30.6. The van der Waals surface area contributed by atoms with Crippen molar-refractivity contribution in [3.63, 3.8) is 0 Å². The van der Waals surface area contributed by atoms with Crippen LogP contribution in [0.1, 0.15) is 31.7 Å². The fraction of sp³-hybridized carbons (Fsp3) is 0.321. The lowest BCUT2D eigenvalue weighted by Gasteiger charge is -2.23. The zero-order valence-corrected chi connectivity index (χ0v) is 22.8. The molecule has 0 bridgehead atoms. The maximum absolute atomic E-state index is 12.6. The molecular weight excluding hydrogens is 500 g/mol. The molecule has 0 amide bonds. The number of sulfonamides is 1. The van der Waals surface area contributed by atoms with Crippen molar-refractivity contribution in [2.24, 2.45) is 4.40 Å². The molecule has 0 spiro atoms. The minimum absolute atomic E-state index is 0.228. The zero-order chi connectivity index (χ0) is 27.2. The Labute approximate surface area is 223 Å². The topological polar surface area (TPSA) is 89.2 Å². The summed E-state index contributed by atoms with van der Waals surface area (Å²) >= 11 is 0. The number of hydrogen-bond donors (Lipinski definition) is 0. The van der Waals surface area contributed by atoms with Crippen molar-refractivity contribution in [3.05, 3.63) is 77.2 Å². The van der Waals surface area contributed by atoms with Gasteiger partial charge in [0.05, 0.1) is 30.7 Å². The van der Waals surface area contributed by atoms with Crippen LogP contribution in [0.3, 0.4) is 0 Å². The molecule has 2 aliphatic rings. The second-order valence-corrected chi connectivity index (χ2v) is 11.2. The lowest BCUT2D eigenvalue weighted by molar-refractivity contribution is -0.664. The van der Waals surface area contributed by atoms with Crippen molar-refractivity contribution in [1.82, 2.24) is 4.57 Å². The highest BCUT2D eigenvalue weighted by atomic mass is 32.2. The first-order valence-corrected chi connectivity index (χ1v) is 14.5. The number of aromatic nitrogens is 2. The van der Waals surface area contributed by atoms with Gasteiger partial charge in [0.2, 0.25) is 10.0 Å². The van der Waals surface area contributed by atoms with E-state index in [0.29, 0.717) is 11.2 Å². The van der Waals surface area contributed by atoms with Gasteiger partial charge in [0.1, 0.15) is 12.4 Å². The summed E-state index contributed by atoms with van der Waals surface area (Å²) in [6.45, 7) is 15.9. The molecule has 0 saturated carbocycles. The molecule has 0 atom stereocenters. The molecule has 0 saturated heterocycles. The highest BCUT2D eigenvalue weighted by molar-refractivity contribution is 7.89. The molecule has 5 rings (SSSR count). The van der Waals surface area contributed by atoms with E-state index in [2.05, 4.69) is 74.7 Å². The number of allylic oxidation sites excluding steroid dienone is 3. The van der Waals surface area contributed by atoms with Crippen LogP contribution in [0.4, 0.5) is 17.1 Å². The van der Waals surface area contributed by atoms with Crippen LogP contribution in [0.25, 0.3) is 21.5 Å². The van der Waals surface area contributed by atoms with Gasteiger partial charge in [0.15, 0.2) is 16.7 Å². The monoisotopic (exact) mass is 530 g/mol. The van der Waals surface area contributed by atoms with Gasteiger partial charge < -0.3 is 14.9 Å². The van der Waals surface area contributed by atoms with Crippen molar-refractivity contribution < 1.29 is 18.1 Å². The van der Waals surface area contributed by atoms with E-state index in [9.17, 15) is 13.5 Å². The summed E-state index contributed by atoms with van der Waals surface area (Å²) in [6.07, 6.45) is 5.90. The number of imidazole rings is 1. The normalized spacial score (nSPS) is 17.5. The van der Waals surface area contributed by atoms with Crippen LogP contribution in [0.2, 0.25) is 0 Å². The number of aryl methyl sites for hydroxylation is 2. The highest BCUT2D eigenvalue weighted by Gasteiger charge is 2.34. The molecule has 0 aliphatic carbocycles. The Kier molecular flexibility index (Phi) is 6.49. The Balaban J connectivity index is 1.64. The third-order valence-corrected chi connectivity index (χ3v) is 7.50. The Morgan fingerprint density at radius 3 is 2.55 bits per heavy atom. The van der Waals surface area contributed by atoms with E-state index in [1.165, 1.54) is 16.9 Å². The van der Waals surface area contributed by atoms with E-state index in [-0.39, 0.29) is 6.54 Å². The quantitative estimate of drug-likeness (QED) is 0.211. The van der Waals surface area contributed by atoms with Crippen LogP contribution in [-0.4, -0.2) is 38.2 Å². The van der Waals surface area contributed by atoms with E-state index in [1.807, 2.05) is 6.07 Å². The fourth-order valence-electron chi connectivity index (χ4n) is 5.47. The van der Waals surface area contributed by atoms with Crippen LogP contribution < -0.4 is 19.5 Å². The van der Waals surface area contributed by atoms with Gasteiger partial charge in [-0.1, -0.05) is 12.1 Å². The summed E-state index contributed by atoms with van der Waals surface area (Å²) in [7, 11) is -3.82. The minimum Gasteiger partial charge on any atom is -0.858 e. The Hall–Kier alpha value is -4.10. The van der Waals surface area contributed by atoms with E-state index in [1.54, 1.807) is 16.7 Å². The second kappa shape index (κ2) is 9.65. The minimum atomic E-state index is -3.82. The summed E-state index contributed by atoms with van der Waals surface area (Å²) in [5.74, 6) is 1.16. The van der Waals surface area contributed by atoms with Gasteiger partial charge >= 0.3 is 0 Å². The van der Waals surface area contributed by atoms with Crippen molar-refractivity contribution in [3.8, 4) is 0 Å². The van der Waals surface area contributed by atoms with Crippen LogP contribution in [0.15, 0.2) is 58.8 Å². The molecule has 3 aromatic rings. The number of rotatable bonds is 6. The summed E-state index contributed by atoms with van der Waals surface area (Å²) in [4.78, 5) is 8.14. The standard InChI is InChI=1S/C28H30N6O3S/c1-6-31-22-11-8-19(3)16-24(22)32(7-2)27(31)13-9-20-14-15-33-23-12-10-21(29-4)17-25(23)34(28(20)33)18-26(35)30-38(5,36)37/h8-13,16-17H,6-7,14-15,18H2,1-3,5H3. The van der Waals surface area contributed by atoms with Crippen LogP contribution >= 0.6 is 0 Å². The largest absolute Gasteiger partial charge is 0.858 e. The molecular formula is C28H30N6O3S. The maximum atomic E-state index is 12.6. The molecule has 1 aromatic heterocycles. The number of anilines is 2. The van der Waals surface area contributed by atoms with Crippen molar-refractivity contribution in [1.29, 1.82) is 0 Å². The lowest BCUT2D eigenvalue weighted by atomic mass is 10.2. The van der Waals surface area contributed by atoms with Gasteiger partial charge in [-0.15, -0.1) is 0 Å². The number of nitrogens with zero attached hydrogens (tertiary/aromatic N) is 6. The predicted molar refractivity (Wildman–Crippen MR) is 149 cm³/mol. The first kappa shape index (κ1) is 25.5. The average molecular weight is 531 g/mol. The number of benzene rings is 2. The second-order valence-electron chi connectivity index (χ2n) is 9.51. The van der Waals surface area contributed by atoms with Gasteiger partial charge in [0.25, 0.3) is 5.82 Å². The van der Waals surface area contributed by atoms with E-state index < -0.39 is 15.9 Å². The highest BCUT2D eigenvalue weighted by Crippen LogP contribution is 2.42. The van der Waals surface area contributed by atoms with Crippen molar-refractivity contribution in [2.75, 3.05) is 29.1 Å². The first-order chi connectivity index (χ1) is 18.1. The molecule has 0 radical (unpaired) electrons. The lowest BCUT2D eigenvalue weighted by Crippen LogP contribution is -2.33. The van der Waals surface area contributed by atoms with Crippen LogP contribution in [0.5, 0.6) is 0 Å². The molecule has 0 unspecified atom stereocenters. The third-order valence-electron chi connectivity index (χ3n) is 6.97. The fourth-order valence-corrected chi connectivity index (χ4v) is 5.90. The maximum Gasteiger partial charge on any atom is 0.286 e. The van der Waals surface area contributed by atoms with Gasteiger partial charge in [0, 0.05) is 31.0 Å². The Bertz CT molecular complexity index is 1690. The smallest absolute Gasteiger partial charge is 0.286 e. The number of fused-ring (bicyclic) bond motifs is 4. The molecule has 2 aromatic carbocycles. The van der Waals surface area contributed by atoms with Crippen molar-refractivity contribution >= 4 is 49.6 Å². The Morgan fingerprint density at radius 1 is 1.13 bits per heavy atom. The van der Waals surface area contributed by atoms with Gasteiger partial charge in [-0.25, -0.2) is 22.4 Å². The average Bonchev–Trinajstić information content (AvgIpc) is 3.50. The van der Waals surface area contributed by atoms with Crippen LogP contribution in [-0.2, 0) is 23.1 Å². The van der Waals surface area contributed by atoms with Gasteiger partial charge in [-0.05, 0) is 62.8 Å². The molecule has 0 fully saturated rings. The molecule has 3 heterocycles. The first-order valence-electron chi connectivity index (χ1n) is 12.6. The molecule has 0 N–H and O–H groups in total. The van der Waals surface area contributed by atoms with E-state index in [0.717, 1.165) is 55.0 Å². The van der Waals surface area contributed by atoms with Gasteiger partial charge in [-0.3, -0.25) is 0 Å². The predicted octanol–water partition coefficient (Wildman–Crippen LogP) is 3.50. The zero-order valence-electron chi connectivity index (χ0n) is 22.0. The third kappa shape index (κ3) is 4.43. The van der Waals surface area contributed by atoms with Gasteiger partial charge in [-0.2, -0.15) is 4.40 Å². The van der Waals surface area contributed by atoms with E-state index >= 15 is 0 Å².